The van der Waals surface area contributed by atoms with Crippen LogP contribution < -0.4 is 5.73 Å². The lowest BCUT2D eigenvalue weighted by atomic mass is 10.1. The van der Waals surface area contributed by atoms with Crippen molar-refractivity contribution in [3.05, 3.63) is 16.6 Å². The first-order valence-corrected chi connectivity index (χ1v) is 8.85. The molecule has 0 bridgehead atoms. The van der Waals surface area contributed by atoms with Crippen LogP contribution in [0.25, 0.3) is 0 Å². The van der Waals surface area contributed by atoms with Crippen molar-refractivity contribution in [1.29, 1.82) is 0 Å². The van der Waals surface area contributed by atoms with Gasteiger partial charge in [-0.25, -0.2) is 4.98 Å². The number of hydrogen-bond acceptors (Lipinski definition) is 4. The van der Waals surface area contributed by atoms with E-state index in [1.807, 2.05) is 13.4 Å². The first-order chi connectivity index (χ1) is 10.2. The van der Waals surface area contributed by atoms with E-state index in [-0.39, 0.29) is 6.04 Å². The van der Waals surface area contributed by atoms with Gasteiger partial charge < -0.3 is 10.3 Å². The molecule has 21 heavy (non-hydrogen) atoms. The third-order valence-electron chi connectivity index (χ3n) is 5.11. The number of rotatable bonds is 4. The second-order valence-corrected chi connectivity index (χ2v) is 7.04. The molecule has 1 aromatic rings. The molecule has 118 valence electrons. The van der Waals surface area contributed by atoms with Crippen LogP contribution >= 0.6 is 15.9 Å². The van der Waals surface area contributed by atoms with Crippen molar-refractivity contribution in [1.82, 2.24) is 19.4 Å². The Morgan fingerprint density at radius 3 is 2.48 bits per heavy atom. The predicted octanol–water partition coefficient (Wildman–Crippen LogP) is 1.74. The Hall–Kier alpha value is -0.430. The highest BCUT2D eigenvalue weighted by atomic mass is 79.9. The normalized spacial score (nSPS) is 23.8. The Morgan fingerprint density at radius 2 is 1.95 bits per heavy atom. The fourth-order valence-corrected chi connectivity index (χ4v) is 4.54. The van der Waals surface area contributed by atoms with Gasteiger partial charge in [0.1, 0.15) is 4.60 Å². The monoisotopic (exact) mass is 355 g/mol. The minimum atomic E-state index is 0.262. The van der Waals surface area contributed by atoms with Crippen molar-refractivity contribution in [2.45, 2.75) is 37.8 Å². The van der Waals surface area contributed by atoms with Crippen molar-refractivity contribution < 1.29 is 0 Å². The molecule has 1 saturated carbocycles. The Kier molecular flexibility index (Phi) is 4.99. The maximum absolute atomic E-state index is 6.07. The average molecular weight is 356 g/mol. The molecule has 1 atom stereocenters. The number of nitrogens with zero attached hydrogens (tertiary/aromatic N) is 4. The van der Waals surface area contributed by atoms with Gasteiger partial charge in [-0.1, -0.05) is 12.8 Å². The zero-order valence-corrected chi connectivity index (χ0v) is 14.4. The molecule has 1 saturated heterocycles. The minimum absolute atomic E-state index is 0.262. The van der Waals surface area contributed by atoms with Crippen LogP contribution in [0.1, 0.15) is 37.4 Å². The van der Waals surface area contributed by atoms with E-state index in [4.69, 9.17) is 5.73 Å². The van der Waals surface area contributed by atoms with Crippen LogP contribution in [0.4, 0.5) is 0 Å². The lowest BCUT2D eigenvalue weighted by Gasteiger charge is -2.41. The van der Waals surface area contributed by atoms with Crippen LogP contribution in [0.3, 0.4) is 0 Å². The van der Waals surface area contributed by atoms with Crippen LogP contribution in [0.5, 0.6) is 0 Å². The number of piperazine rings is 1. The van der Waals surface area contributed by atoms with Crippen LogP contribution in [0.2, 0.25) is 0 Å². The van der Waals surface area contributed by atoms with E-state index in [2.05, 4.69) is 35.3 Å². The van der Waals surface area contributed by atoms with Crippen LogP contribution in [0.15, 0.2) is 10.9 Å². The molecule has 5 nitrogen and oxygen atoms in total. The van der Waals surface area contributed by atoms with Gasteiger partial charge in [0.05, 0.1) is 18.1 Å². The molecule has 1 unspecified atom stereocenters. The topological polar surface area (TPSA) is 50.3 Å². The van der Waals surface area contributed by atoms with E-state index < -0.39 is 0 Å². The van der Waals surface area contributed by atoms with Gasteiger partial charge in [-0.2, -0.15) is 0 Å². The zero-order valence-electron chi connectivity index (χ0n) is 12.8. The standard InChI is InChI=1S/C15H26BrN5/c1-19-11-18-15(16)14(19)13(10-17)21-8-6-20(7-9-21)12-4-2-3-5-12/h11-13H,2-10,17H2,1H3. The summed E-state index contributed by atoms with van der Waals surface area (Å²) in [6.07, 6.45) is 7.48. The number of aromatic nitrogens is 2. The summed E-state index contributed by atoms with van der Waals surface area (Å²) >= 11 is 3.57. The molecule has 0 radical (unpaired) electrons. The fraction of sp³-hybridized carbons (Fsp3) is 0.800. The van der Waals surface area contributed by atoms with Gasteiger partial charge in [0, 0.05) is 45.8 Å². The number of imidazole rings is 1. The Bertz CT molecular complexity index is 441. The molecule has 2 aliphatic rings. The summed E-state index contributed by atoms with van der Waals surface area (Å²) in [5.41, 5.74) is 7.27. The van der Waals surface area contributed by atoms with Crippen molar-refractivity contribution in [2.75, 3.05) is 32.7 Å². The third kappa shape index (κ3) is 3.18. The van der Waals surface area contributed by atoms with Crippen LogP contribution in [0, 0.1) is 0 Å². The van der Waals surface area contributed by atoms with Crippen molar-refractivity contribution in [3.63, 3.8) is 0 Å². The van der Waals surface area contributed by atoms with Gasteiger partial charge in [-0.05, 0) is 28.8 Å². The van der Waals surface area contributed by atoms with Gasteiger partial charge in [0.2, 0.25) is 0 Å². The molecule has 0 amide bonds. The van der Waals surface area contributed by atoms with Gasteiger partial charge in [0.25, 0.3) is 0 Å². The maximum Gasteiger partial charge on any atom is 0.128 e. The smallest absolute Gasteiger partial charge is 0.128 e. The Balaban J connectivity index is 1.64. The van der Waals surface area contributed by atoms with Gasteiger partial charge in [-0.15, -0.1) is 0 Å². The highest BCUT2D eigenvalue weighted by Gasteiger charge is 2.30. The van der Waals surface area contributed by atoms with Crippen LogP contribution in [-0.4, -0.2) is 58.1 Å². The first-order valence-electron chi connectivity index (χ1n) is 8.05. The quantitative estimate of drug-likeness (QED) is 0.893. The van der Waals surface area contributed by atoms with Gasteiger partial charge >= 0.3 is 0 Å². The highest BCUT2D eigenvalue weighted by molar-refractivity contribution is 9.10. The van der Waals surface area contributed by atoms with Gasteiger partial charge in [-0.3, -0.25) is 9.80 Å². The molecular formula is C15H26BrN5. The summed E-state index contributed by atoms with van der Waals surface area (Å²) in [6.45, 7) is 5.21. The summed E-state index contributed by atoms with van der Waals surface area (Å²) in [7, 11) is 2.05. The predicted molar refractivity (Wildman–Crippen MR) is 88.1 cm³/mol. The summed E-state index contributed by atoms with van der Waals surface area (Å²) in [5, 5.41) is 0. The maximum atomic E-state index is 6.07. The number of aryl methyl sites for hydroxylation is 1. The summed E-state index contributed by atoms with van der Waals surface area (Å²) < 4.78 is 3.02. The summed E-state index contributed by atoms with van der Waals surface area (Å²) in [4.78, 5) is 9.56. The second-order valence-electron chi connectivity index (χ2n) is 6.29. The van der Waals surface area contributed by atoms with Crippen molar-refractivity contribution in [3.8, 4) is 0 Å². The van der Waals surface area contributed by atoms with E-state index in [1.165, 1.54) is 44.5 Å². The number of hydrogen-bond donors (Lipinski definition) is 1. The molecule has 1 aromatic heterocycles. The first kappa shape index (κ1) is 15.5. The second kappa shape index (κ2) is 6.77. The Labute approximate surface area is 135 Å². The fourth-order valence-electron chi connectivity index (χ4n) is 3.90. The molecule has 1 aliphatic carbocycles. The van der Waals surface area contributed by atoms with Crippen molar-refractivity contribution in [2.24, 2.45) is 12.8 Å². The lowest BCUT2D eigenvalue weighted by molar-refractivity contribution is 0.0700. The van der Waals surface area contributed by atoms with E-state index in [1.54, 1.807) is 0 Å². The van der Waals surface area contributed by atoms with E-state index in [0.29, 0.717) is 6.54 Å². The highest BCUT2D eigenvalue weighted by Crippen LogP contribution is 2.29. The summed E-state index contributed by atoms with van der Waals surface area (Å²) in [6, 6.07) is 1.10. The van der Waals surface area contributed by atoms with Gasteiger partial charge in [0.15, 0.2) is 0 Å². The Morgan fingerprint density at radius 1 is 1.29 bits per heavy atom. The SMILES string of the molecule is Cn1cnc(Br)c1C(CN)N1CCN(C2CCCC2)CC1. The average Bonchev–Trinajstić information content (AvgIpc) is 3.14. The molecule has 1 aliphatic heterocycles. The molecule has 3 rings (SSSR count). The lowest BCUT2D eigenvalue weighted by Crippen LogP contribution is -2.51. The molecule has 2 fully saturated rings. The van der Waals surface area contributed by atoms with E-state index in [0.717, 1.165) is 23.7 Å². The molecule has 0 spiro atoms. The molecular weight excluding hydrogens is 330 g/mol. The number of nitrogens with two attached hydrogens (primary N) is 1. The molecule has 2 heterocycles. The minimum Gasteiger partial charge on any atom is -0.335 e. The molecule has 0 aromatic carbocycles. The van der Waals surface area contributed by atoms with E-state index >= 15 is 0 Å². The molecule has 6 heteroatoms. The van der Waals surface area contributed by atoms with Crippen LogP contribution in [-0.2, 0) is 7.05 Å². The zero-order chi connectivity index (χ0) is 14.8. The van der Waals surface area contributed by atoms with E-state index in [9.17, 15) is 0 Å². The summed E-state index contributed by atoms with van der Waals surface area (Å²) in [5.74, 6) is 0. The largest absolute Gasteiger partial charge is 0.335 e. The number of halogens is 1. The molecule has 2 N–H and O–H groups in total. The van der Waals surface area contributed by atoms with Crippen molar-refractivity contribution >= 4 is 15.9 Å². The third-order valence-corrected chi connectivity index (χ3v) is 5.72.